The van der Waals surface area contributed by atoms with E-state index in [0.29, 0.717) is 0 Å². The summed E-state index contributed by atoms with van der Waals surface area (Å²) in [5, 5.41) is 0. The Morgan fingerprint density at radius 2 is 1.04 bits per heavy atom. The molecule has 0 fully saturated rings. The molecule has 23 heavy (non-hydrogen) atoms. The van der Waals surface area contributed by atoms with Crippen molar-refractivity contribution in [3.63, 3.8) is 0 Å². The first-order chi connectivity index (χ1) is 11.4. The van der Waals surface area contributed by atoms with Crippen LogP contribution in [0.5, 0.6) is 0 Å². The molecule has 0 heterocycles. The van der Waals surface area contributed by atoms with E-state index in [1.54, 1.807) is 0 Å². The van der Waals surface area contributed by atoms with Crippen LogP contribution in [0.25, 0.3) is 0 Å². The normalized spacial score (nSPS) is 16.5. The summed E-state index contributed by atoms with van der Waals surface area (Å²) in [4.78, 5) is 2.57. The van der Waals surface area contributed by atoms with E-state index in [-0.39, 0.29) is 18.6 Å². The van der Waals surface area contributed by atoms with Crippen LogP contribution in [0.4, 0.5) is 0 Å². The van der Waals surface area contributed by atoms with E-state index in [1.807, 2.05) is 0 Å². The third-order valence-electron chi connectivity index (χ3n) is 3.48. The van der Waals surface area contributed by atoms with Crippen LogP contribution < -0.4 is 0 Å². The molecule has 0 bridgehead atoms. The quantitative estimate of drug-likeness (QED) is 0.488. The Bertz CT molecular complexity index is 516. The molecule has 3 rings (SSSR count). The molecular formula is C22H26Pt. The monoisotopic (exact) mass is 485 g/mol. The van der Waals surface area contributed by atoms with Gasteiger partial charge in [-0.25, -0.2) is 0 Å². The zero-order valence-corrected chi connectivity index (χ0v) is 15.9. The van der Waals surface area contributed by atoms with Crippen molar-refractivity contribution < 1.29 is 18.6 Å². The second kappa shape index (κ2) is 12.1. The van der Waals surface area contributed by atoms with E-state index in [2.05, 4.69) is 85.0 Å². The summed E-state index contributed by atoms with van der Waals surface area (Å²) in [6.07, 6.45) is 14.0. The van der Waals surface area contributed by atoms with Crippen LogP contribution in [0.1, 0.15) is 36.8 Å². The maximum absolute atomic E-state index is 2.23. The van der Waals surface area contributed by atoms with E-state index >= 15 is 0 Å². The molecule has 0 atom stereocenters. The number of benzene rings is 2. The maximum atomic E-state index is 2.23. The van der Waals surface area contributed by atoms with Crippen LogP contribution in [-0.2, 0) is 28.2 Å². The SMILES string of the molecule is C1=C\CCCC\C=C/1.c1ccc([CH2][Pt][CH2]c2ccccc2)cc1. The van der Waals surface area contributed by atoms with Crippen LogP contribution in [-0.4, -0.2) is 0 Å². The van der Waals surface area contributed by atoms with Crippen LogP contribution in [0.15, 0.2) is 85.0 Å². The summed E-state index contributed by atoms with van der Waals surface area (Å²) in [5.41, 5.74) is 2.98. The van der Waals surface area contributed by atoms with E-state index in [1.165, 1.54) is 46.4 Å². The third-order valence-corrected chi connectivity index (χ3v) is 6.47. The van der Waals surface area contributed by atoms with Crippen LogP contribution >= 0.6 is 0 Å². The van der Waals surface area contributed by atoms with Gasteiger partial charge in [0.05, 0.1) is 0 Å². The number of hydrogen-bond acceptors (Lipinski definition) is 0. The minimum absolute atomic E-state index is 0.258. The van der Waals surface area contributed by atoms with Crippen LogP contribution in [0.3, 0.4) is 0 Å². The van der Waals surface area contributed by atoms with Gasteiger partial charge in [0.1, 0.15) is 0 Å². The molecule has 2 aromatic rings. The number of hydrogen-bond donors (Lipinski definition) is 0. The molecule has 0 aromatic heterocycles. The van der Waals surface area contributed by atoms with Gasteiger partial charge in [0.15, 0.2) is 0 Å². The second-order valence-corrected chi connectivity index (χ2v) is 8.24. The molecule has 0 N–H and O–H groups in total. The van der Waals surface area contributed by atoms with E-state index in [9.17, 15) is 0 Å². The number of rotatable bonds is 4. The van der Waals surface area contributed by atoms with Crippen molar-refractivity contribution in [2.75, 3.05) is 0 Å². The molecular weight excluding hydrogens is 459 g/mol. The first-order valence-corrected chi connectivity index (χ1v) is 11.5. The fourth-order valence-electron chi connectivity index (χ4n) is 2.20. The van der Waals surface area contributed by atoms with Gasteiger partial charge in [-0.1, -0.05) is 24.3 Å². The second-order valence-electron chi connectivity index (χ2n) is 5.49. The molecule has 1 heteroatoms. The average Bonchev–Trinajstić information content (AvgIpc) is 2.57. The fraction of sp³-hybridized carbons (Fsp3) is 0.273. The Balaban J connectivity index is 0.000000203. The van der Waals surface area contributed by atoms with Gasteiger partial charge in [-0.15, -0.1) is 0 Å². The van der Waals surface area contributed by atoms with E-state index < -0.39 is 0 Å². The predicted octanol–water partition coefficient (Wildman–Crippen LogP) is 6.14. The van der Waals surface area contributed by atoms with Crippen molar-refractivity contribution in [3.8, 4) is 0 Å². The zero-order chi connectivity index (χ0) is 16.0. The molecule has 0 saturated carbocycles. The van der Waals surface area contributed by atoms with E-state index in [0.717, 1.165) is 0 Å². The Morgan fingerprint density at radius 3 is 1.48 bits per heavy atom. The molecule has 0 radical (unpaired) electrons. The summed E-state index contributed by atoms with van der Waals surface area (Å²) < 4.78 is 0. The Kier molecular flexibility index (Phi) is 9.43. The molecule has 0 amide bonds. The van der Waals surface area contributed by atoms with Crippen molar-refractivity contribution in [2.45, 2.75) is 35.3 Å². The van der Waals surface area contributed by atoms with E-state index in [4.69, 9.17) is 0 Å². The van der Waals surface area contributed by atoms with Gasteiger partial charge in [-0.3, -0.25) is 0 Å². The predicted molar refractivity (Wildman–Crippen MR) is 97.0 cm³/mol. The van der Waals surface area contributed by atoms with Gasteiger partial charge in [-0.05, 0) is 25.7 Å². The Hall–Kier alpha value is -1.39. The molecule has 1 aliphatic carbocycles. The topological polar surface area (TPSA) is 0 Å². The van der Waals surface area contributed by atoms with Gasteiger partial charge >= 0.3 is 100.0 Å². The standard InChI is InChI=1S/C8H12.2C7H7.Pt/c1-2-4-6-8-7-5-3-1;2*1-7-5-3-2-4-6-7;/h1-4H,5-8H2;2*2-6H,1H2;/b3-1-,4-2-;;;. The summed E-state index contributed by atoms with van der Waals surface area (Å²) >= 11 is 0.258. The van der Waals surface area contributed by atoms with Gasteiger partial charge in [0, 0.05) is 0 Å². The molecule has 0 unspecified atom stereocenters. The minimum atomic E-state index is 0.258. The molecule has 0 saturated heterocycles. The molecule has 2 aromatic carbocycles. The van der Waals surface area contributed by atoms with Gasteiger partial charge in [0.2, 0.25) is 0 Å². The third kappa shape index (κ3) is 8.72. The molecule has 0 aliphatic heterocycles. The fourth-order valence-corrected chi connectivity index (χ4v) is 4.87. The molecule has 0 spiro atoms. The first-order valence-electron chi connectivity index (χ1n) is 8.29. The summed E-state index contributed by atoms with van der Waals surface area (Å²) in [6, 6.07) is 21.6. The van der Waals surface area contributed by atoms with Crippen molar-refractivity contribution in [3.05, 3.63) is 96.1 Å². The summed E-state index contributed by atoms with van der Waals surface area (Å²) in [6.45, 7) is 0. The molecule has 0 nitrogen and oxygen atoms in total. The molecule has 124 valence electrons. The zero-order valence-electron chi connectivity index (χ0n) is 13.6. The summed E-state index contributed by atoms with van der Waals surface area (Å²) in [7, 11) is 0. The summed E-state index contributed by atoms with van der Waals surface area (Å²) in [5.74, 6) is 0. The van der Waals surface area contributed by atoms with Crippen molar-refractivity contribution in [1.29, 1.82) is 0 Å². The van der Waals surface area contributed by atoms with Crippen molar-refractivity contribution in [1.82, 2.24) is 0 Å². The number of allylic oxidation sites excluding steroid dienone is 4. The average molecular weight is 486 g/mol. The Morgan fingerprint density at radius 1 is 0.609 bits per heavy atom. The van der Waals surface area contributed by atoms with Crippen LogP contribution in [0.2, 0.25) is 0 Å². The van der Waals surface area contributed by atoms with Crippen molar-refractivity contribution in [2.24, 2.45) is 0 Å². The van der Waals surface area contributed by atoms with Gasteiger partial charge in [0.25, 0.3) is 0 Å². The van der Waals surface area contributed by atoms with Gasteiger partial charge in [-0.2, -0.15) is 0 Å². The van der Waals surface area contributed by atoms with Crippen molar-refractivity contribution >= 4 is 0 Å². The van der Waals surface area contributed by atoms with Gasteiger partial charge < -0.3 is 0 Å². The van der Waals surface area contributed by atoms with Crippen LogP contribution in [0, 0.1) is 0 Å². The molecule has 1 aliphatic rings. The Labute approximate surface area is 149 Å². The first kappa shape index (κ1) is 18.0.